The molecular formula is C14H23NO4. The Hall–Kier alpha value is -1.30. The van der Waals surface area contributed by atoms with Gasteiger partial charge in [0.25, 0.3) is 0 Å². The van der Waals surface area contributed by atoms with Crippen LogP contribution in [0.15, 0.2) is 18.2 Å². The van der Waals surface area contributed by atoms with Crippen molar-refractivity contribution in [2.24, 2.45) is 0 Å². The molecule has 0 spiro atoms. The first-order valence-corrected chi connectivity index (χ1v) is 6.38. The van der Waals surface area contributed by atoms with Crippen molar-refractivity contribution in [1.29, 1.82) is 0 Å². The number of aromatic hydroxyl groups is 1. The maximum absolute atomic E-state index is 9.90. The summed E-state index contributed by atoms with van der Waals surface area (Å²) in [4.78, 5) is 0. The van der Waals surface area contributed by atoms with Gasteiger partial charge >= 0.3 is 0 Å². The second-order valence-corrected chi connectivity index (χ2v) is 4.74. The Morgan fingerprint density at radius 3 is 2.42 bits per heavy atom. The molecule has 0 heterocycles. The van der Waals surface area contributed by atoms with Gasteiger partial charge in [-0.3, -0.25) is 0 Å². The van der Waals surface area contributed by atoms with E-state index in [4.69, 9.17) is 4.74 Å². The van der Waals surface area contributed by atoms with E-state index >= 15 is 0 Å². The summed E-state index contributed by atoms with van der Waals surface area (Å²) in [5.41, 5.74) is -0.0892. The molecule has 1 rings (SSSR count). The van der Waals surface area contributed by atoms with Gasteiger partial charge in [-0.2, -0.15) is 0 Å². The average Bonchev–Trinajstić information content (AvgIpc) is 2.45. The van der Waals surface area contributed by atoms with Crippen molar-refractivity contribution in [3.8, 4) is 11.5 Å². The van der Waals surface area contributed by atoms with E-state index in [-0.39, 0.29) is 25.0 Å². The Kier molecular flexibility index (Phi) is 5.60. The minimum absolute atomic E-state index is 0.154. The van der Waals surface area contributed by atoms with Crippen LogP contribution in [0.3, 0.4) is 0 Å². The van der Waals surface area contributed by atoms with Crippen molar-refractivity contribution < 1.29 is 20.1 Å². The second-order valence-electron chi connectivity index (χ2n) is 4.74. The molecule has 0 aromatic heterocycles. The van der Waals surface area contributed by atoms with Crippen LogP contribution < -0.4 is 10.1 Å². The molecule has 0 amide bonds. The third kappa shape index (κ3) is 3.59. The Labute approximate surface area is 113 Å². The van der Waals surface area contributed by atoms with Gasteiger partial charge in [-0.1, -0.05) is 6.92 Å². The number of rotatable bonds is 7. The summed E-state index contributed by atoms with van der Waals surface area (Å²) in [6.45, 7) is 3.41. The zero-order valence-electron chi connectivity index (χ0n) is 11.7. The van der Waals surface area contributed by atoms with E-state index in [0.717, 1.165) is 0 Å². The first-order chi connectivity index (χ1) is 9.01. The SMILES string of the molecule is CCC(CO)(CO)NC(C)c1cc(OC)ccc1O. The molecule has 1 unspecified atom stereocenters. The molecule has 0 fully saturated rings. The standard InChI is InChI=1S/C14H23NO4/c1-4-14(8-16,9-17)15-10(2)12-7-11(19-3)5-6-13(12)18/h5-7,10,15-18H,4,8-9H2,1-3H3. The molecule has 1 aromatic rings. The molecular weight excluding hydrogens is 246 g/mol. The Bertz CT molecular complexity index is 396. The first kappa shape index (κ1) is 15.8. The highest BCUT2D eigenvalue weighted by Crippen LogP contribution is 2.29. The lowest BCUT2D eigenvalue weighted by Gasteiger charge is -2.33. The Morgan fingerprint density at radius 2 is 1.95 bits per heavy atom. The highest BCUT2D eigenvalue weighted by Gasteiger charge is 2.29. The van der Waals surface area contributed by atoms with Crippen LogP contribution in [0.25, 0.3) is 0 Å². The number of aliphatic hydroxyl groups excluding tert-OH is 2. The smallest absolute Gasteiger partial charge is 0.120 e. The van der Waals surface area contributed by atoms with Crippen LogP contribution in [0.1, 0.15) is 31.9 Å². The fourth-order valence-corrected chi connectivity index (χ4v) is 2.01. The molecule has 0 aliphatic heterocycles. The molecule has 19 heavy (non-hydrogen) atoms. The van der Waals surface area contributed by atoms with Crippen molar-refractivity contribution >= 4 is 0 Å². The number of aliphatic hydroxyl groups is 2. The summed E-state index contributed by atoms with van der Waals surface area (Å²) < 4.78 is 5.13. The Balaban J connectivity index is 2.96. The van der Waals surface area contributed by atoms with Crippen LogP contribution in [0.4, 0.5) is 0 Å². The number of phenolic OH excluding ortho intramolecular Hbond substituents is 1. The van der Waals surface area contributed by atoms with Gasteiger partial charge in [0.2, 0.25) is 0 Å². The maximum Gasteiger partial charge on any atom is 0.120 e. The number of benzene rings is 1. The van der Waals surface area contributed by atoms with Crippen LogP contribution in [-0.2, 0) is 0 Å². The zero-order valence-corrected chi connectivity index (χ0v) is 11.7. The molecule has 0 saturated carbocycles. The summed E-state index contributed by atoms with van der Waals surface area (Å²) >= 11 is 0. The maximum atomic E-state index is 9.90. The summed E-state index contributed by atoms with van der Waals surface area (Å²) in [7, 11) is 1.56. The fraction of sp³-hybridized carbons (Fsp3) is 0.571. The van der Waals surface area contributed by atoms with Gasteiger partial charge in [-0.15, -0.1) is 0 Å². The summed E-state index contributed by atoms with van der Waals surface area (Å²) in [6.07, 6.45) is 0.578. The zero-order chi connectivity index (χ0) is 14.5. The molecule has 1 atom stereocenters. The van der Waals surface area contributed by atoms with Crippen molar-refractivity contribution in [2.45, 2.75) is 31.8 Å². The minimum atomic E-state index is -0.755. The van der Waals surface area contributed by atoms with E-state index in [2.05, 4.69) is 5.32 Å². The van der Waals surface area contributed by atoms with Gasteiger partial charge in [0, 0.05) is 11.6 Å². The van der Waals surface area contributed by atoms with Crippen LogP contribution in [0, 0.1) is 0 Å². The van der Waals surface area contributed by atoms with Gasteiger partial charge in [0.05, 0.1) is 25.9 Å². The highest BCUT2D eigenvalue weighted by atomic mass is 16.5. The van der Waals surface area contributed by atoms with E-state index in [1.807, 2.05) is 13.8 Å². The quantitative estimate of drug-likeness (QED) is 0.597. The summed E-state index contributed by atoms with van der Waals surface area (Å²) in [6, 6.07) is 4.76. The van der Waals surface area contributed by atoms with E-state index in [1.54, 1.807) is 25.3 Å². The summed E-state index contributed by atoms with van der Waals surface area (Å²) in [5, 5.41) is 31.9. The molecule has 5 heteroatoms. The van der Waals surface area contributed by atoms with Gasteiger partial charge in [-0.05, 0) is 31.5 Å². The highest BCUT2D eigenvalue weighted by molar-refractivity contribution is 5.41. The minimum Gasteiger partial charge on any atom is -0.508 e. The van der Waals surface area contributed by atoms with Crippen LogP contribution in [-0.4, -0.2) is 41.2 Å². The lowest BCUT2D eigenvalue weighted by molar-refractivity contribution is 0.0790. The Morgan fingerprint density at radius 1 is 1.32 bits per heavy atom. The molecule has 108 valence electrons. The third-order valence-electron chi connectivity index (χ3n) is 3.51. The van der Waals surface area contributed by atoms with Gasteiger partial charge in [0.1, 0.15) is 11.5 Å². The van der Waals surface area contributed by atoms with Crippen molar-refractivity contribution in [3.63, 3.8) is 0 Å². The first-order valence-electron chi connectivity index (χ1n) is 6.38. The fourth-order valence-electron chi connectivity index (χ4n) is 2.01. The van der Waals surface area contributed by atoms with Gasteiger partial charge in [-0.25, -0.2) is 0 Å². The molecule has 0 aliphatic rings. The normalized spacial score (nSPS) is 13.3. The van der Waals surface area contributed by atoms with E-state index in [9.17, 15) is 15.3 Å². The lowest BCUT2D eigenvalue weighted by atomic mass is 9.95. The van der Waals surface area contributed by atoms with Crippen molar-refractivity contribution in [3.05, 3.63) is 23.8 Å². The lowest BCUT2D eigenvalue weighted by Crippen LogP contribution is -2.52. The van der Waals surface area contributed by atoms with Crippen molar-refractivity contribution in [2.75, 3.05) is 20.3 Å². The molecule has 1 aromatic carbocycles. The summed E-state index contributed by atoms with van der Waals surface area (Å²) in [5.74, 6) is 0.804. The monoisotopic (exact) mass is 269 g/mol. The molecule has 5 nitrogen and oxygen atoms in total. The number of phenols is 1. The number of ether oxygens (including phenoxy) is 1. The second kappa shape index (κ2) is 6.75. The number of nitrogens with one attached hydrogen (secondary N) is 1. The third-order valence-corrected chi connectivity index (χ3v) is 3.51. The van der Waals surface area contributed by atoms with Crippen LogP contribution in [0.2, 0.25) is 0 Å². The number of methoxy groups -OCH3 is 1. The van der Waals surface area contributed by atoms with Gasteiger partial charge in [0.15, 0.2) is 0 Å². The van der Waals surface area contributed by atoms with Crippen LogP contribution in [0.5, 0.6) is 11.5 Å². The molecule has 0 saturated heterocycles. The number of hydrogen-bond acceptors (Lipinski definition) is 5. The van der Waals surface area contributed by atoms with Crippen molar-refractivity contribution in [1.82, 2.24) is 5.32 Å². The predicted molar refractivity (Wildman–Crippen MR) is 73.4 cm³/mol. The van der Waals surface area contributed by atoms with E-state index in [0.29, 0.717) is 17.7 Å². The van der Waals surface area contributed by atoms with Crippen LogP contribution >= 0.6 is 0 Å². The van der Waals surface area contributed by atoms with E-state index in [1.165, 1.54) is 0 Å². The molecule has 0 aliphatic carbocycles. The predicted octanol–water partition coefficient (Wildman–Crippen LogP) is 1.18. The molecule has 4 N–H and O–H groups in total. The largest absolute Gasteiger partial charge is 0.508 e. The van der Waals surface area contributed by atoms with Gasteiger partial charge < -0.3 is 25.4 Å². The van der Waals surface area contributed by atoms with E-state index < -0.39 is 5.54 Å². The number of hydrogen-bond donors (Lipinski definition) is 4. The topological polar surface area (TPSA) is 82.0 Å². The molecule has 0 bridgehead atoms. The molecule has 0 radical (unpaired) electrons. The average molecular weight is 269 g/mol.